The van der Waals surface area contributed by atoms with Crippen LogP contribution in [0.5, 0.6) is 0 Å². The maximum absolute atomic E-state index is 13.7. The zero-order valence-electron chi connectivity index (χ0n) is 18.9. The van der Waals surface area contributed by atoms with E-state index in [1.54, 1.807) is 22.8 Å². The van der Waals surface area contributed by atoms with E-state index in [-0.39, 0.29) is 17.2 Å². The molecule has 2 heterocycles. The Morgan fingerprint density at radius 1 is 1.03 bits per heavy atom. The average Bonchev–Trinajstić information content (AvgIpc) is 3.18. The van der Waals surface area contributed by atoms with Gasteiger partial charge in [0.2, 0.25) is 5.91 Å². The first-order chi connectivity index (χ1) is 16.8. The van der Waals surface area contributed by atoms with E-state index in [4.69, 9.17) is 28.2 Å². The molecule has 3 aromatic carbocycles. The van der Waals surface area contributed by atoms with Crippen molar-refractivity contribution in [1.29, 1.82) is 0 Å². The number of rotatable bonds is 5. The van der Waals surface area contributed by atoms with Gasteiger partial charge < -0.3 is 10.3 Å². The number of carbonyl (C=O) groups excluding carboxylic acids is 1. The van der Waals surface area contributed by atoms with Crippen molar-refractivity contribution < 1.29 is 4.79 Å². The summed E-state index contributed by atoms with van der Waals surface area (Å²) in [5.74, 6) is -0.209. The number of hydrogen-bond acceptors (Lipinski definition) is 4. The lowest BCUT2D eigenvalue weighted by atomic mass is 10.1. The molecular formula is C26H20Cl2N4O2S. The highest BCUT2D eigenvalue weighted by atomic mass is 35.5. The van der Waals surface area contributed by atoms with Gasteiger partial charge in [0.1, 0.15) is 11.0 Å². The summed E-state index contributed by atoms with van der Waals surface area (Å²) in [6.45, 7) is 3.96. The third kappa shape index (κ3) is 4.67. The number of aromatic amines is 1. The Bertz CT molecular complexity index is 1660. The van der Waals surface area contributed by atoms with Gasteiger partial charge in [-0.15, -0.1) is 0 Å². The first kappa shape index (κ1) is 23.5. The van der Waals surface area contributed by atoms with Crippen molar-refractivity contribution >= 4 is 68.5 Å². The Balaban J connectivity index is 1.57. The van der Waals surface area contributed by atoms with Crippen LogP contribution in [0.15, 0.2) is 70.6 Å². The number of H-pyrrole nitrogens is 1. The summed E-state index contributed by atoms with van der Waals surface area (Å²) in [6.07, 6.45) is 0. The van der Waals surface area contributed by atoms with Gasteiger partial charge in [-0.05, 0) is 61.4 Å². The number of thioether (sulfide) groups is 1. The van der Waals surface area contributed by atoms with Gasteiger partial charge in [-0.25, -0.2) is 4.98 Å². The lowest BCUT2D eigenvalue weighted by molar-refractivity contribution is -0.113. The number of nitrogens with zero attached hydrogens (tertiary/aromatic N) is 2. The van der Waals surface area contributed by atoms with Crippen LogP contribution < -0.4 is 10.9 Å². The molecule has 5 rings (SSSR count). The lowest BCUT2D eigenvalue weighted by Crippen LogP contribution is -2.23. The number of benzene rings is 3. The molecule has 176 valence electrons. The van der Waals surface area contributed by atoms with E-state index in [1.165, 1.54) is 11.8 Å². The summed E-state index contributed by atoms with van der Waals surface area (Å²) in [7, 11) is 0. The molecule has 0 spiro atoms. The Kier molecular flexibility index (Phi) is 6.32. The first-order valence-electron chi connectivity index (χ1n) is 10.8. The smallest absolute Gasteiger partial charge is 0.283 e. The molecule has 0 bridgehead atoms. The van der Waals surface area contributed by atoms with E-state index in [9.17, 15) is 9.59 Å². The van der Waals surface area contributed by atoms with Crippen LogP contribution in [-0.4, -0.2) is 26.2 Å². The van der Waals surface area contributed by atoms with Gasteiger partial charge in [0.15, 0.2) is 5.16 Å². The standard InChI is InChI=1S/C26H20Cl2N4O2S/c1-14-9-15(2)11-17(10-14)32-25(34)24-23(18-5-3-4-6-21(18)30-24)31-26(32)35-13-22(33)29-16-7-8-19(27)20(28)12-16/h3-12,30H,13H2,1-2H3,(H,29,33). The van der Waals surface area contributed by atoms with Crippen LogP contribution in [0.2, 0.25) is 10.0 Å². The van der Waals surface area contributed by atoms with Crippen molar-refractivity contribution in [1.82, 2.24) is 14.5 Å². The second-order valence-corrected chi connectivity index (χ2v) is 10.00. The number of para-hydroxylation sites is 1. The van der Waals surface area contributed by atoms with E-state index < -0.39 is 0 Å². The van der Waals surface area contributed by atoms with E-state index in [2.05, 4.69) is 10.3 Å². The summed E-state index contributed by atoms with van der Waals surface area (Å²) in [4.78, 5) is 34.5. The molecule has 0 saturated heterocycles. The Morgan fingerprint density at radius 2 is 1.77 bits per heavy atom. The molecule has 0 saturated carbocycles. The largest absolute Gasteiger partial charge is 0.349 e. The SMILES string of the molecule is Cc1cc(C)cc(-n2c(SCC(=O)Nc3ccc(Cl)c(Cl)c3)nc3c([nH]c4ccccc43)c2=O)c1. The predicted octanol–water partition coefficient (Wildman–Crippen LogP) is 6.52. The van der Waals surface area contributed by atoms with Crippen LogP contribution in [0, 0.1) is 13.8 Å². The number of hydrogen-bond donors (Lipinski definition) is 2. The minimum atomic E-state index is -0.256. The number of nitrogens with one attached hydrogen (secondary N) is 2. The molecule has 5 aromatic rings. The van der Waals surface area contributed by atoms with Crippen LogP contribution in [0.25, 0.3) is 27.6 Å². The minimum Gasteiger partial charge on any atom is -0.349 e. The van der Waals surface area contributed by atoms with E-state index in [1.807, 2.05) is 56.3 Å². The zero-order valence-corrected chi connectivity index (χ0v) is 21.2. The second-order valence-electron chi connectivity index (χ2n) is 8.24. The average molecular weight is 523 g/mol. The van der Waals surface area contributed by atoms with Crippen molar-refractivity contribution in [3.05, 3.63) is 92.2 Å². The number of anilines is 1. The third-order valence-corrected chi connectivity index (χ3v) is 7.17. The van der Waals surface area contributed by atoms with Gasteiger partial charge in [-0.1, -0.05) is 59.2 Å². The van der Waals surface area contributed by atoms with Gasteiger partial charge in [-0.3, -0.25) is 14.2 Å². The quantitative estimate of drug-likeness (QED) is 0.203. The fourth-order valence-electron chi connectivity index (χ4n) is 4.05. The molecule has 0 atom stereocenters. The van der Waals surface area contributed by atoms with Gasteiger partial charge in [-0.2, -0.15) is 0 Å². The number of aromatic nitrogens is 3. The van der Waals surface area contributed by atoms with E-state index in [0.717, 1.165) is 22.0 Å². The normalized spacial score (nSPS) is 11.3. The summed E-state index contributed by atoms with van der Waals surface area (Å²) in [5, 5.41) is 4.86. The number of fused-ring (bicyclic) bond motifs is 3. The molecule has 9 heteroatoms. The highest BCUT2D eigenvalue weighted by Crippen LogP contribution is 2.28. The molecule has 1 amide bonds. The highest BCUT2D eigenvalue weighted by molar-refractivity contribution is 7.99. The molecular weight excluding hydrogens is 503 g/mol. The Hall–Kier alpha value is -3.26. The van der Waals surface area contributed by atoms with Crippen LogP contribution in [-0.2, 0) is 4.79 Å². The molecule has 0 aliphatic carbocycles. The van der Waals surface area contributed by atoms with Gasteiger partial charge in [0.25, 0.3) is 5.56 Å². The molecule has 0 fully saturated rings. The number of carbonyl (C=O) groups is 1. The lowest BCUT2D eigenvalue weighted by Gasteiger charge is -2.14. The first-order valence-corrected chi connectivity index (χ1v) is 12.5. The topological polar surface area (TPSA) is 79.8 Å². The monoisotopic (exact) mass is 522 g/mol. The fourth-order valence-corrected chi connectivity index (χ4v) is 5.15. The van der Waals surface area contributed by atoms with Crippen LogP contribution in [0.3, 0.4) is 0 Å². The van der Waals surface area contributed by atoms with E-state index >= 15 is 0 Å². The molecule has 6 nitrogen and oxygen atoms in total. The van der Waals surface area contributed by atoms with Crippen LogP contribution >= 0.6 is 35.0 Å². The molecule has 0 aliphatic rings. The number of halogens is 2. The summed E-state index contributed by atoms with van der Waals surface area (Å²) in [5.41, 5.74) is 4.91. The number of aryl methyl sites for hydroxylation is 2. The summed E-state index contributed by atoms with van der Waals surface area (Å²) >= 11 is 13.2. The van der Waals surface area contributed by atoms with Crippen LogP contribution in [0.1, 0.15) is 11.1 Å². The van der Waals surface area contributed by atoms with Gasteiger partial charge in [0, 0.05) is 16.6 Å². The van der Waals surface area contributed by atoms with Crippen molar-refractivity contribution in [2.24, 2.45) is 0 Å². The third-order valence-electron chi connectivity index (χ3n) is 5.49. The summed E-state index contributed by atoms with van der Waals surface area (Å²) in [6, 6.07) is 18.5. The van der Waals surface area contributed by atoms with Gasteiger partial charge in [0.05, 0.1) is 21.5 Å². The second kappa shape index (κ2) is 9.41. The molecule has 0 unspecified atom stereocenters. The van der Waals surface area contributed by atoms with Crippen molar-refractivity contribution in [2.75, 3.05) is 11.1 Å². The zero-order chi connectivity index (χ0) is 24.7. The van der Waals surface area contributed by atoms with Crippen molar-refractivity contribution in [2.45, 2.75) is 19.0 Å². The minimum absolute atomic E-state index is 0.0470. The van der Waals surface area contributed by atoms with Crippen molar-refractivity contribution in [3.8, 4) is 5.69 Å². The molecule has 0 aliphatic heterocycles. The maximum Gasteiger partial charge on any atom is 0.283 e. The molecule has 0 radical (unpaired) electrons. The fraction of sp³-hybridized carbons (Fsp3) is 0.115. The molecule has 2 N–H and O–H groups in total. The van der Waals surface area contributed by atoms with Crippen LogP contribution in [0.4, 0.5) is 5.69 Å². The number of amides is 1. The van der Waals surface area contributed by atoms with Gasteiger partial charge >= 0.3 is 0 Å². The Morgan fingerprint density at radius 3 is 2.51 bits per heavy atom. The molecule has 35 heavy (non-hydrogen) atoms. The predicted molar refractivity (Wildman–Crippen MR) is 144 cm³/mol. The van der Waals surface area contributed by atoms with Crippen molar-refractivity contribution in [3.63, 3.8) is 0 Å². The van der Waals surface area contributed by atoms with E-state index in [0.29, 0.717) is 37.6 Å². The molecule has 2 aromatic heterocycles. The highest BCUT2D eigenvalue weighted by Gasteiger charge is 2.18. The summed E-state index contributed by atoms with van der Waals surface area (Å²) < 4.78 is 1.56. The Labute approximate surface area is 215 Å². The maximum atomic E-state index is 13.7.